The third-order valence-corrected chi connectivity index (χ3v) is 4.92. The van der Waals surface area contributed by atoms with E-state index in [2.05, 4.69) is 17.4 Å². The average Bonchev–Trinajstić information content (AvgIpc) is 2.58. The molecule has 2 rings (SSSR count). The molecule has 0 heterocycles. The Balaban J connectivity index is 0.00000288. The highest BCUT2D eigenvalue weighted by Gasteiger charge is 2.16. The summed E-state index contributed by atoms with van der Waals surface area (Å²) >= 11 is 7.59. The van der Waals surface area contributed by atoms with Crippen LogP contribution < -0.4 is 11.1 Å². The van der Waals surface area contributed by atoms with Gasteiger partial charge in [0, 0.05) is 11.6 Å². The highest BCUT2D eigenvalue weighted by atomic mass is 35.5. The van der Waals surface area contributed by atoms with Gasteiger partial charge in [-0.15, -0.1) is 24.2 Å². The van der Waals surface area contributed by atoms with E-state index in [-0.39, 0.29) is 23.6 Å². The number of carbonyl (C=O) groups is 1. The van der Waals surface area contributed by atoms with Gasteiger partial charge in [-0.05, 0) is 36.2 Å². The van der Waals surface area contributed by atoms with Crippen molar-refractivity contribution in [1.82, 2.24) is 5.32 Å². The van der Waals surface area contributed by atoms with Gasteiger partial charge in [-0.2, -0.15) is 0 Å². The summed E-state index contributed by atoms with van der Waals surface area (Å²) in [6.45, 7) is 1.22. The van der Waals surface area contributed by atoms with Crippen LogP contribution in [-0.4, -0.2) is 24.7 Å². The summed E-state index contributed by atoms with van der Waals surface area (Å²) in [5.41, 5.74) is 7.75. The maximum Gasteiger partial charge on any atom is 0.230 e. The molecule has 0 bridgehead atoms. The number of hydrogen-bond donors (Lipinski definition) is 2. The SMILES string of the molecule is Cl.NCCCNC(=O)CSC(c1ccccc1)c1ccc(Cl)cc1. The number of amides is 1. The van der Waals surface area contributed by atoms with Crippen molar-refractivity contribution in [2.75, 3.05) is 18.8 Å². The first-order chi connectivity index (χ1) is 11.2. The van der Waals surface area contributed by atoms with Gasteiger partial charge >= 0.3 is 0 Å². The van der Waals surface area contributed by atoms with Gasteiger partial charge in [0.05, 0.1) is 11.0 Å². The van der Waals surface area contributed by atoms with Crippen molar-refractivity contribution in [3.05, 3.63) is 70.7 Å². The summed E-state index contributed by atoms with van der Waals surface area (Å²) in [5, 5.41) is 3.71. The predicted molar refractivity (Wildman–Crippen MR) is 106 cm³/mol. The van der Waals surface area contributed by atoms with Gasteiger partial charge in [0.1, 0.15) is 0 Å². The zero-order chi connectivity index (χ0) is 16.5. The Bertz CT molecular complexity index is 608. The molecule has 3 N–H and O–H groups in total. The molecular formula is C18H22Cl2N2OS. The van der Waals surface area contributed by atoms with Crippen LogP contribution in [0.25, 0.3) is 0 Å². The summed E-state index contributed by atoms with van der Waals surface area (Å²) in [5.74, 6) is 0.450. The molecule has 0 aliphatic carbocycles. The molecule has 2 aromatic carbocycles. The number of nitrogens with one attached hydrogen (secondary N) is 1. The van der Waals surface area contributed by atoms with Crippen molar-refractivity contribution in [3.63, 3.8) is 0 Å². The van der Waals surface area contributed by atoms with Crippen molar-refractivity contribution in [2.24, 2.45) is 5.73 Å². The number of halogens is 2. The highest BCUT2D eigenvalue weighted by Crippen LogP contribution is 2.35. The van der Waals surface area contributed by atoms with Crippen LogP contribution in [0.2, 0.25) is 5.02 Å². The first-order valence-corrected chi connectivity index (χ1v) is 9.02. The van der Waals surface area contributed by atoms with Crippen molar-refractivity contribution in [2.45, 2.75) is 11.7 Å². The zero-order valence-corrected chi connectivity index (χ0v) is 15.7. The quantitative estimate of drug-likeness (QED) is 0.674. The van der Waals surface area contributed by atoms with Crippen molar-refractivity contribution < 1.29 is 4.79 Å². The second kappa shape index (κ2) is 11.4. The van der Waals surface area contributed by atoms with E-state index in [4.69, 9.17) is 17.3 Å². The Morgan fingerprint density at radius 3 is 2.33 bits per heavy atom. The van der Waals surface area contributed by atoms with Crippen LogP contribution >= 0.6 is 35.8 Å². The lowest BCUT2D eigenvalue weighted by molar-refractivity contribution is -0.118. The fourth-order valence-electron chi connectivity index (χ4n) is 2.19. The first-order valence-electron chi connectivity index (χ1n) is 7.59. The minimum atomic E-state index is 0. The molecule has 0 fully saturated rings. The molecule has 0 aliphatic heterocycles. The Hall–Kier alpha value is -1.20. The fraction of sp³-hybridized carbons (Fsp3) is 0.278. The third kappa shape index (κ3) is 6.73. The normalized spacial score (nSPS) is 11.4. The lowest BCUT2D eigenvalue weighted by Crippen LogP contribution is -2.27. The summed E-state index contributed by atoms with van der Waals surface area (Å²) in [6.07, 6.45) is 0.801. The molecule has 0 aliphatic rings. The minimum absolute atomic E-state index is 0. The molecule has 1 atom stereocenters. The molecule has 0 aromatic heterocycles. The molecule has 0 radical (unpaired) electrons. The monoisotopic (exact) mass is 384 g/mol. The standard InChI is InChI=1S/C18H21ClN2OS.ClH/c19-16-9-7-15(8-10-16)18(14-5-2-1-3-6-14)23-13-17(22)21-12-4-11-20;/h1-3,5-10,18H,4,11-13,20H2,(H,21,22);1H. The molecule has 3 nitrogen and oxygen atoms in total. The van der Waals surface area contributed by atoms with E-state index < -0.39 is 0 Å². The van der Waals surface area contributed by atoms with E-state index in [9.17, 15) is 4.79 Å². The maximum absolute atomic E-state index is 11.9. The Kier molecular flexibility index (Phi) is 9.88. The smallest absolute Gasteiger partial charge is 0.230 e. The molecule has 0 spiro atoms. The molecule has 0 saturated carbocycles. The van der Waals surface area contributed by atoms with Crippen LogP contribution in [0.15, 0.2) is 54.6 Å². The van der Waals surface area contributed by atoms with Crippen LogP contribution in [0, 0.1) is 0 Å². The summed E-state index contributed by atoms with van der Waals surface area (Å²) in [4.78, 5) is 11.9. The van der Waals surface area contributed by atoms with Crippen LogP contribution in [0.5, 0.6) is 0 Å². The fourth-order valence-corrected chi connectivity index (χ4v) is 3.44. The largest absolute Gasteiger partial charge is 0.355 e. The molecule has 130 valence electrons. The lowest BCUT2D eigenvalue weighted by Gasteiger charge is -2.17. The predicted octanol–water partition coefficient (Wildman–Crippen LogP) is 4.05. The molecule has 6 heteroatoms. The van der Waals surface area contributed by atoms with Gasteiger partial charge in [-0.25, -0.2) is 0 Å². The number of carbonyl (C=O) groups excluding carboxylic acids is 1. The molecule has 1 amide bonds. The maximum atomic E-state index is 11.9. The topological polar surface area (TPSA) is 55.1 Å². The van der Waals surface area contributed by atoms with Gasteiger partial charge < -0.3 is 11.1 Å². The number of rotatable bonds is 8. The van der Waals surface area contributed by atoms with Crippen LogP contribution in [-0.2, 0) is 4.79 Å². The summed E-state index contributed by atoms with van der Waals surface area (Å²) < 4.78 is 0. The van der Waals surface area contributed by atoms with Crippen molar-refractivity contribution >= 4 is 41.7 Å². The first kappa shape index (κ1) is 20.8. The van der Waals surface area contributed by atoms with Crippen LogP contribution in [0.1, 0.15) is 22.8 Å². The average molecular weight is 385 g/mol. The van der Waals surface area contributed by atoms with Crippen LogP contribution in [0.4, 0.5) is 0 Å². The minimum Gasteiger partial charge on any atom is -0.355 e. The molecular weight excluding hydrogens is 363 g/mol. The molecule has 0 saturated heterocycles. The van der Waals surface area contributed by atoms with Crippen molar-refractivity contribution in [1.29, 1.82) is 0 Å². The Morgan fingerprint density at radius 2 is 1.71 bits per heavy atom. The van der Waals surface area contributed by atoms with E-state index in [1.807, 2.05) is 42.5 Å². The lowest BCUT2D eigenvalue weighted by atomic mass is 10.0. The van der Waals surface area contributed by atoms with E-state index >= 15 is 0 Å². The van der Waals surface area contributed by atoms with E-state index in [1.54, 1.807) is 11.8 Å². The number of nitrogens with two attached hydrogens (primary N) is 1. The van der Waals surface area contributed by atoms with Gasteiger partial charge in [0.25, 0.3) is 0 Å². The zero-order valence-electron chi connectivity index (χ0n) is 13.3. The Labute approximate surface area is 158 Å². The molecule has 24 heavy (non-hydrogen) atoms. The summed E-state index contributed by atoms with van der Waals surface area (Å²) in [6, 6.07) is 18.0. The highest BCUT2D eigenvalue weighted by molar-refractivity contribution is 8.00. The van der Waals surface area contributed by atoms with Gasteiger partial charge in [-0.1, -0.05) is 54.1 Å². The van der Waals surface area contributed by atoms with Gasteiger partial charge in [0.15, 0.2) is 0 Å². The number of thioether (sulfide) groups is 1. The van der Waals surface area contributed by atoms with Crippen LogP contribution in [0.3, 0.4) is 0 Å². The molecule has 1 unspecified atom stereocenters. The van der Waals surface area contributed by atoms with E-state index in [0.717, 1.165) is 12.0 Å². The number of hydrogen-bond acceptors (Lipinski definition) is 3. The van der Waals surface area contributed by atoms with Gasteiger partial charge in [0.2, 0.25) is 5.91 Å². The third-order valence-electron chi connectivity index (χ3n) is 3.36. The van der Waals surface area contributed by atoms with Crippen molar-refractivity contribution in [3.8, 4) is 0 Å². The second-order valence-corrected chi connectivity index (χ2v) is 6.68. The Morgan fingerprint density at radius 1 is 1.08 bits per heavy atom. The summed E-state index contributed by atoms with van der Waals surface area (Å²) in [7, 11) is 0. The van der Waals surface area contributed by atoms with Gasteiger partial charge in [-0.3, -0.25) is 4.79 Å². The second-order valence-electron chi connectivity index (χ2n) is 5.15. The molecule has 2 aromatic rings. The van der Waals surface area contributed by atoms with E-state index in [0.29, 0.717) is 23.9 Å². The number of benzene rings is 2. The van der Waals surface area contributed by atoms with E-state index in [1.165, 1.54) is 5.56 Å².